The second-order valence-corrected chi connectivity index (χ2v) is 4.04. The van der Waals surface area contributed by atoms with Gasteiger partial charge in [-0.25, -0.2) is 0 Å². The van der Waals surface area contributed by atoms with Gasteiger partial charge in [0.2, 0.25) is 0 Å². The number of Topliss-reactive ketones (excluding diaryl/α,β-unsaturated/α-hetero) is 1. The van der Waals surface area contributed by atoms with Crippen LogP contribution < -0.4 is 0 Å². The first-order valence-electron chi connectivity index (χ1n) is 3.41. The maximum absolute atomic E-state index is 11.0. The molecule has 0 heterocycles. The minimum atomic E-state index is -0.0955. The molecule has 2 aliphatic carbocycles. The Balaban J connectivity index is 2.28. The fourth-order valence-electron chi connectivity index (χ4n) is 1.97. The average Bonchev–Trinajstić information content (AvgIpc) is 2.20. The van der Waals surface area contributed by atoms with E-state index >= 15 is 0 Å². The Labute approximate surface area is 59.4 Å². The number of fused-ring (bicyclic) bond motifs is 2. The summed E-state index contributed by atoms with van der Waals surface area (Å²) in [6, 6.07) is 0. The minimum Gasteiger partial charge on any atom is -0.299 e. The normalized spacial score (nSPS) is 48.6. The van der Waals surface area contributed by atoms with Crippen molar-refractivity contribution < 1.29 is 4.79 Å². The number of hydrogen-bond acceptors (Lipinski definition) is 1. The van der Waals surface area contributed by atoms with Crippen molar-refractivity contribution >= 4 is 17.4 Å². The number of alkyl halides is 1. The molecule has 0 aromatic carbocycles. The lowest BCUT2D eigenvalue weighted by Gasteiger charge is -2.15. The van der Waals surface area contributed by atoms with E-state index in [0.29, 0.717) is 18.1 Å². The van der Waals surface area contributed by atoms with Crippen molar-refractivity contribution in [1.29, 1.82) is 0 Å². The summed E-state index contributed by atoms with van der Waals surface area (Å²) in [6.45, 7) is 0. The third kappa shape index (κ3) is 0.710. The Morgan fingerprint density at radius 1 is 1.67 bits per heavy atom. The van der Waals surface area contributed by atoms with Crippen LogP contribution in [0.15, 0.2) is 0 Å². The topological polar surface area (TPSA) is 17.1 Å². The molecule has 9 heavy (non-hydrogen) atoms. The molecule has 2 rings (SSSR count). The quantitative estimate of drug-likeness (QED) is 0.474. The van der Waals surface area contributed by atoms with Crippen LogP contribution in [-0.4, -0.2) is 10.7 Å². The monoisotopic (exact) mass is 144 g/mol. The number of rotatable bonds is 0. The largest absolute Gasteiger partial charge is 0.299 e. The zero-order valence-electron chi connectivity index (χ0n) is 5.19. The lowest BCUT2D eigenvalue weighted by molar-refractivity contribution is -0.121. The fraction of sp³-hybridized carbons (Fsp3) is 0.857. The molecule has 2 bridgehead atoms. The average molecular weight is 145 g/mol. The van der Waals surface area contributed by atoms with Gasteiger partial charge in [-0.1, -0.05) is 0 Å². The van der Waals surface area contributed by atoms with Crippen molar-refractivity contribution in [3.05, 3.63) is 0 Å². The number of hydrogen-bond donors (Lipinski definition) is 0. The van der Waals surface area contributed by atoms with Crippen LogP contribution >= 0.6 is 11.6 Å². The predicted octanol–water partition coefficient (Wildman–Crippen LogP) is 1.74. The van der Waals surface area contributed by atoms with Gasteiger partial charge in [0.05, 0.1) is 4.87 Å². The van der Waals surface area contributed by atoms with E-state index < -0.39 is 0 Å². The molecule has 2 aliphatic rings. The summed E-state index contributed by atoms with van der Waals surface area (Å²) in [5, 5.41) is 0. The SMILES string of the molecule is O=C1CC2(Cl)CCC1C2. The smallest absolute Gasteiger partial charge is 0.137 e. The minimum absolute atomic E-state index is 0.0955. The van der Waals surface area contributed by atoms with Crippen LogP contribution in [0.3, 0.4) is 0 Å². The van der Waals surface area contributed by atoms with Gasteiger partial charge in [-0.2, -0.15) is 0 Å². The Bertz CT molecular complexity index is 166. The summed E-state index contributed by atoms with van der Waals surface area (Å²) in [7, 11) is 0. The van der Waals surface area contributed by atoms with Crippen molar-refractivity contribution in [3.8, 4) is 0 Å². The van der Waals surface area contributed by atoms with E-state index in [1.807, 2.05) is 0 Å². The van der Waals surface area contributed by atoms with Gasteiger partial charge < -0.3 is 0 Å². The van der Waals surface area contributed by atoms with Crippen molar-refractivity contribution in [2.45, 2.75) is 30.6 Å². The Kier molecular flexibility index (Phi) is 0.963. The highest BCUT2D eigenvalue weighted by Crippen LogP contribution is 2.49. The maximum Gasteiger partial charge on any atom is 0.137 e. The highest BCUT2D eigenvalue weighted by molar-refractivity contribution is 6.26. The summed E-state index contributed by atoms with van der Waals surface area (Å²) in [6.07, 6.45) is 3.69. The van der Waals surface area contributed by atoms with E-state index in [0.717, 1.165) is 19.3 Å². The van der Waals surface area contributed by atoms with Crippen LogP contribution in [0.5, 0.6) is 0 Å². The molecular formula is C7H9ClO. The zero-order chi connectivity index (χ0) is 6.48. The molecule has 2 unspecified atom stereocenters. The first-order chi connectivity index (χ1) is 4.20. The molecule has 0 aromatic heterocycles. The third-order valence-corrected chi connectivity index (χ3v) is 2.98. The lowest BCUT2D eigenvalue weighted by atomic mass is 9.99. The molecule has 50 valence electrons. The van der Waals surface area contributed by atoms with Crippen LogP contribution in [0.4, 0.5) is 0 Å². The molecule has 0 aliphatic heterocycles. The number of halogens is 1. The summed E-state index contributed by atoms with van der Waals surface area (Å²) < 4.78 is 0. The molecule has 2 heteroatoms. The Morgan fingerprint density at radius 2 is 2.44 bits per heavy atom. The molecule has 0 amide bonds. The van der Waals surface area contributed by atoms with Crippen LogP contribution in [0.25, 0.3) is 0 Å². The third-order valence-electron chi connectivity index (χ3n) is 2.50. The molecule has 2 fully saturated rings. The molecule has 0 N–H and O–H groups in total. The number of carbonyl (C=O) groups excluding carboxylic acids is 1. The fourth-order valence-corrected chi connectivity index (χ4v) is 2.40. The summed E-state index contributed by atoms with van der Waals surface area (Å²) in [5.74, 6) is 0.735. The van der Waals surface area contributed by atoms with Gasteiger partial charge in [-0.3, -0.25) is 4.79 Å². The molecular weight excluding hydrogens is 136 g/mol. The second-order valence-electron chi connectivity index (χ2n) is 3.23. The van der Waals surface area contributed by atoms with Gasteiger partial charge in [-0.05, 0) is 19.3 Å². The highest BCUT2D eigenvalue weighted by Gasteiger charge is 2.48. The molecule has 0 spiro atoms. The number of ketones is 1. The van der Waals surface area contributed by atoms with Crippen LogP contribution in [-0.2, 0) is 4.79 Å². The number of carbonyl (C=O) groups is 1. The highest BCUT2D eigenvalue weighted by atomic mass is 35.5. The van der Waals surface area contributed by atoms with Gasteiger partial charge in [0.1, 0.15) is 5.78 Å². The van der Waals surface area contributed by atoms with E-state index in [9.17, 15) is 4.79 Å². The van der Waals surface area contributed by atoms with E-state index in [1.165, 1.54) is 0 Å². The van der Waals surface area contributed by atoms with Gasteiger partial charge in [0, 0.05) is 12.3 Å². The van der Waals surface area contributed by atoms with Crippen LogP contribution in [0.1, 0.15) is 25.7 Å². The molecule has 0 radical (unpaired) electrons. The van der Waals surface area contributed by atoms with Gasteiger partial charge in [0.15, 0.2) is 0 Å². The summed E-state index contributed by atoms with van der Waals surface area (Å²) in [4.78, 5) is 10.9. The predicted molar refractivity (Wildman–Crippen MR) is 35.5 cm³/mol. The van der Waals surface area contributed by atoms with Gasteiger partial charge in [-0.15, -0.1) is 11.6 Å². The molecule has 0 aromatic rings. The van der Waals surface area contributed by atoms with E-state index in [-0.39, 0.29) is 4.87 Å². The van der Waals surface area contributed by atoms with E-state index in [2.05, 4.69) is 0 Å². The molecule has 2 atom stereocenters. The van der Waals surface area contributed by atoms with Crippen molar-refractivity contribution in [2.75, 3.05) is 0 Å². The van der Waals surface area contributed by atoms with Gasteiger partial charge >= 0.3 is 0 Å². The molecule has 0 saturated heterocycles. The van der Waals surface area contributed by atoms with E-state index in [4.69, 9.17) is 11.6 Å². The van der Waals surface area contributed by atoms with Gasteiger partial charge in [0.25, 0.3) is 0 Å². The summed E-state index contributed by atoms with van der Waals surface area (Å²) >= 11 is 6.07. The Morgan fingerprint density at radius 3 is 2.67 bits per heavy atom. The zero-order valence-corrected chi connectivity index (χ0v) is 5.95. The van der Waals surface area contributed by atoms with Crippen LogP contribution in [0.2, 0.25) is 0 Å². The van der Waals surface area contributed by atoms with E-state index in [1.54, 1.807) is 0 Å². The first kappa shape index (κ1) is 5.72. The summed E-state index contributed by atoms with van der Waals surface area (Å²) in [5.41, 5.74) is 0. The molecule has 2 saturated carbocycles. The second kappa shape index (κ2) is 1.51. The maximum atomic E-state index is 11.0. The Hall–Kier alpha value is -0.0400. The lowest BCUT2D eigenvalue weighted by Crippen LogP contribution is -2.17. The van der Waals surface area contributed by atoms with Crippen molar-refractivity contribution in [1.82, 2.24) is 0 Å². The van der Waals surface area contributed by atoms with Crippen LogP contribution in [0, 0.1) is 5.92 Å². The van der Waals surface area contributed by atoms with Crippen molar-refractivity contribution in [2.24, 2.45) is 5.92 Å². The first-order valence-corrected chi connectivity index (χ1v) is 3.79. The molecule has 1 nitrogen and oxygen atoms in total. The van der Waals surface area contributed by atoms with Crippen molar-refractivity contribution in [3.63, 3.8) is 0 Å². The standard InChI is InChI=1S/C7H9ClO/c8-7-2-1-5(3-7)6(9)4-7/h5H,1-4H2.